The molecular formula is C25H27O4PS. The molecule has 0 saturated carbocycles. The van der Waals surface area contributed by atoms with Crippen molar-refractivity contribution in [2.24, 2.45) is 5.92 Å². The first-order chi connectivity index (χ1) is 15.1. The quantitative estimate of drug-likeness (QED) is 0.191. The fourth-order valence-electron chi connectivity index (χ4n) is 3.57. The highest BCUT2D eigenvalue weighted by atomic mass is 32.2. The average molecular weight is 455 g/mol. The summed E-state index contributed by atoms with van der Waals surface area (Å²) < 4.78 is 24.0. The zero-order valence-corrected chi connectivity index (χ0v) is 19.5. The summed E-state index contributed by atoms with van der Waals surface area (Å²) in [7, 11) is -0.227. The summed E-state index contributed by atoms with van der Waals surface area (Å²) in [5.41, 5.74) is 0.976. The molecular weight excluding hydrogens is 427 g/mol. The Morgan fingerprint density at radius 2 is 1.68 bits per heavy atom. The van der Waals surface area contributed by atoms with Crippen LogP contribution in [0.25, 0.3) is 10.8 Å². The van der Waals surface area contributed by atoms with Gasteiger partial charge in [-0.25, -0.2) is 0 Å². The lowest BCUT2D eigenvalue weighted by molar-refractivity contribution is -0.155. The minimum atomic E-state index is -1.19. The predicted octanol–water partition coefficient (Wildman–Crippen LogP) is 6.38. The van der Waals surface area contributed by atoms with Gasteiger partial charge in [-0.05, 0) is 48.7 Å². The molecule has 0 aliphatic heterocycles. The summed E-state index contributed by atoms with van der Waals surface area (Å²) in [5.74, 6) is -0.718. The van der Waals surface area contributed by atoms with Gasteiger partial charge in [0.05, 0.1) is 6.61 Å². The number of benzene rings is 3. The van der Waals surface area contributed by atoms with Crippen molar-refractivity contribution in [3.8, 4) is 0 Å². The molecule has 2 atom stereocenters. The second-order valence-electron chi connectivity index (χ2n) is 7.16. The van der Waals surface area contributed by atoms with Crippen LogP contribution in [0.1, 0.15) is 19.4 Å². The van der Waals surface area contributed by atoms with Crippen LogP contribution in [-0.4, -0.2) is 30.3 Å². The first kappa shape index (κ1) is 23.5. The molecule has 3 rings (SSSR count). The molecule has 0 saturated heterocycles. The van der Waals surface area contributed by atoms with Gasteiger partial charge in [-0.15, -0.1) is 11.8 Å². The fourth-order valence-corrected chi connectivity index (χ4v) is 5.52. The smallest absolute Gasteiger partial charge is 0.313 e. The first-order valence-electron chi connectivity index (χ1n) is 10.4. The van der Waals surface area contributed by atoms with Crippen molar-refractivity contribution >= 4 is 37.0 Å². The van der Waals surface area contributed by atoms with E-state index in [0.29, 0.717) is 18.8 Å². The van der Waals surface area contributed by atoms with E-state index in [0.717, 1.165) is 15.8 Å². The Morgan fingerprint density at radius 3 is 2.35 bits per heavy atom. The number of thioether (sulfide) groups is 1. The Morgan fingerprint density at radius 1 is 0.968 bits per heavy atom. The zero-order valence-electron chi connectivity index (χ0n) is 17.8. The second kappa shape index (κ2) is 11.4. The number of hydrogen-bond acceptors (Lipinski definition) is 5. The van der Waals surface area contributed by atoms with Gasteiger partial charge in [0.1, 0.15) is 5.92 Å². The molecule has 162 valence electrons. The maximum Gasteiger partial charge on any atom is 0.313 e. The largest absolute Gasteiger partial charge is 0.466 e. The Kier molecular flexibility index (Phi) is 8.65. The number of carbonyl (C=O) groups is 1. The van der Waals surface area contributed by atoms with E-state index in [1.807, 2.05) is 55.5 Å². The van der Waals surface area contributed by atoms with Crippen LogP contribution in [0.2, 0.25) is 0 Å². The van der Waals surface area contributed by atoms with E-state index >= 15 is 0 Å². The van der Waals surface area contributed by atoms with E-state index in [1.165, 1.54) is 5.39 Å². The van der Waals surface area contributed by atoms with Gasteiger partial charge in [-0.1, -0.05) is 60.7 Å². The number of ether oxygens (including phenoxy) is 2. The van der Waals surface area contributed by atoms with Gasteiger partial charge < -0.3 is 9.47 Å². The lowest BCUT2D eigenvalue weighted by Crippen LogP contribution is -2.44. The summed E-state index contributed by atoms with van der Waals surface area (Å²) in [6.07, 6.45) is 0.396. The van der Waals surface area contributed by atoms with E-state index in [-0.39, 0.29) is 21.0 Å². The van der Waals surface area contributed by atoms with Crippen molar-refractivity contribution in [2.75, 3.05) is 19.0 Å². The van der Waals surface area contributed by atoms with Gasteiger partial charge in [-0.2, -0.15) is 0 Å². The van der Waals surface area contributed by atoms with Crippen LogP contribution in [0.4, 0.5) is 0 Å². The molecule has 0 aromatic heterocycles. The van der Waals surface area contributed by atoms with Gasteiger partial charge in [0.15, 0.2) is 13.8 Å². The molecule has 2 unspecified atom stereocenters. The SMILES string of the molecule is CCOC(=O)C(Cc1ccccc1)C(CSc1ccc2ccccc2c1)(OCC)P=O. The van der Waals surface area contributed by atoms with Crippen molar-refractivity contribution in [1.82, 2.24) is 0 Å². The number of fused-ring (bicyclic) bond motifs is 1. The number of esters is 1. The summed E-state index contributed by atoms with van der Waals surface area (Å²) in [6, 6.07) is 24.1. The van der Waals surface area contributed by atoms with Crippen molar-refractivity contribution < 1.29 is 18.8 Å². The van der Waals surface area contributed by atoms with Gasteiger partial charge in [0.2, 0.25) is 0 Å². The van der Waals surface area contributed by atoms with Crippen LogP contribution >= 0.6 is 20.2 Å². The number of hydrogen-bond donors (Lipinski definition) is 0. The monoisotopic (exact) mass is 454 g/mol. The molecule has 3 aromatic carbocycles. The molecule has 6 heteroatoms. The van der Waals surface area contributed by atoms with E-state index in [4.69, 9.17) is 9.47 Å². The standard InChI is InChI=1S/C25H27O4PS/c1-3-28-24(26)23(16-19-10-6-5-7-11-19)25(30-27,29-4-2)18-31-22-15-14-20-12-8-9-13-21(20)17-22/h5-15,17,23H,3-4,16,18H2,1-2H3. The van der Waals surface area contributed by atoms with E-state index in [1.54, 1.807) is 18.7 Å². The Bertz CT molecular complexity index is 1010. The normalized spacial score (nSPS) is 14.3. The topological polar surface area (TPSA) is 52.6 Å². The molecule has 0 spiro atoms. The lowest BCUT2D eigenvalue weighted by atomic mass is 9.94. The second-order valence-corrected chi connectivity index (χ2v) is 9.15. The molecule has 0 aliphatic carbocycles. The molecule has 0 radical (unpaired) electrons. The van der Waals surface area contributed by atoms with Crippen LogP contribution in [0.3, 0.4) is 0 Å². The van der Waals surface area contributed by atoms with Crippen LogP contribution in [0.5, 0.6) is 0 Å². The van der Waals surface area contributed by atoms with Crippen molar-refractivity contribution in [2.45, 2.75) is 30.5 Å². The summed E-state index contributed by atoms with van der Waals surface area (Å²) in [4.78, 5) is 14.0. The van der Waals surface area contributed by atoms with Crippen molar-refractivity contribution in [3.05, 3.63) is 78.4 Å². The van der Waals surface area contributed by atoms with Crippen LogP contribution in [-0.2, 0) is 25.3 Å². The van der Waals surface area contributed by atoms with Crippen molar-refractivity contribution in [3.63, 3.8) is 0 Å². The molecule has 0 heterocycles. The third-order valence-corrected chi connectivity index (χ3v) is 7.40. The highest BCUT2D eigenvalue weighted by Gasteiger charge is 2.46. The van der Waals surface area contributed by atoms with Crippen LogP contribution in [0.15, 0.2) is 77.7 Å². The minimum absolute atomic E-state index is 0.227. The molecule has 0 N–H and O–H groups in total. The van der Waals surface area contributed by atoms with Crippen LogP contribution in [0, 0.1) is 5.92 Å². The fraction of sp³-hybridized carbons (Fsp3) is 0.320. The van der Waals surface area contributed by atoms with E-state index in [2.05, 4.69) is 24.3 Å². The molecule has 0 aliphatic rings. The Balaban J connectivity index is 1.90. The van der Waals surface area contributed by atoms with Crippen LogP contribution < -0.4 is 0 Å². The maximum absolute atomic E-state index is 13.0. The molecule has 0 amide bonds. The van der Waals surface area contributed by atoms with Gasteiger partial charge in [0, 0.05) is 17.3 Å². The lowest BCUT2D eigenvalue weighted by Gasteiger charge is -2.33. The van der Waals surface area contributed by atoms with Gasteiger partial charge >= 0.3 is 5.97 Å². The van der Waals surface area contributed by atoms with E-state index < -0.39 is 11.3 Å². The first-order valence-corrected chi connectivity index (χ1v) is 12.2. The average Bonchev–Trinajstić information content (AvgIpc) is 2.81. The third-order valence-electron chi connectivity index (χ3n) is 5.11. The summed E-state index contributed by atoms with van der Waals surface area (Å²) in [5, 5.41) is 1.12. The Hall–Kier alpha value is -2.20. The van der Waals surface area contributed by atoms with Gasteiger partial charge in [0.25, 0.3) is 0 Å². The minimum Gasteiger partial charge on any atom is -0.466 e. The predicted molar refractivity (Wildman–Crippen MR) is 127 cm³/mol. The third kappa shape index (κ3) is 5.94. The highest BCUT2D eigenvalue weighted by molar-refractivity contribution is 7.99. The molecule has 4 nitrogen and oxygen atoms in total. The summed E-state index contributed by atoms with van der Waals surface area (Å²) in [6.45, 7) is 4.24. The number of rotatable bonds is 11. The molecule has 31 heavy (non-hydrogen) atoms. The molecule has 3 aromatic rings. The van der Waals surface area contributed by atoms with Gasteiger partial charge in [-0.3, -0.25) is 9.36 Å². The Labute approximate surface area is 189 Å². The van der Waals surface area contributed by atoms with E-state index in [9.17, 15) is 9.36 Å². The maximum atomic E-state index is 13.0. The zero-order chi connectivity index (χ0) is 22.1. The molecule has 0 fully saturated rings. The molecule has 0 bridgehead atoms. The number of carbonyl (C=O) groups excluding carboxylic acids is 1. The van der Waals surface area contributed by atoms with Crippen molar-refractivity contribution in [1.29, 1.82) is 0 Å². The highest BCUT2D eigenvalue weighted by Crippen LogP contribution is 2.41. The summed E-state index contributed by atoms with van der Waals surface area (Å²) >= 11 is 1.54.